The summed E-state index contributed by atoms with van der Waals surface area (Å²) < 4.78 is 0. The number of ketones is 1. The lowest BCUT2D eigenvalue weighted by Crippen LogP contribution is -1.95. The predicted molar refractivity (Wildman–Crippen MR) is 59.9 cm³/mol. The molecule has 2 nitrogen and oxygen atoms in total. The van der Waals surface area contributed by atoms with E-state index in [1.165, 1.54) is 30.6 Å². The maximum Gasteiger partial charge on any atom is 0.174 e. The lowest BCUT2D eigenvalue weighted by atomic mass is 10.1. The van der Waals surface area contributed by atoms with Crippen LogP contribution in [0.25, 0.3) is 0 Å². The van der Waals surface area contributed by atoms with Gasteiger partial charge in [-0.05, 0) is 13.3 Å². The standard InChI is InChI=1S/C11H17NOS/c1-3-4-5-6-7-10(13)11-8-12-9(2)14-11/h8H,3-7H2,1-2H3. The summed E-state index contributed by atoms with van der Waals surface area (Å²) in [5.74, 6) is 0.256. The van der Waals surface area contributed by atoms with Gasteiger partial charge in [-0.1, -0.05) is 26.2 Å². The molecule has 14 heavy (non-hydrogen) atoms. The molecule has 0 saturated heterocycles. The first kappa shape index (κ1) is 11.4. The Labute approximate surface area is 89.4 Å². The minimum atomic E-state index is 0.256. The minimum absolute atomic E-state index is 0.256. The summed E-state index contributed by atoms with van der Waals surface area (Å²) in [6.45, 7) is 4.10. The van der Waals surface area contributed by atoms with E-state index in [-0.39, 0.29) is 5.78 Å². The molecule has 1 rings (SSSR count). The van der Waals surface area contributed by atoms with E-state index in [4.69, 9.17) is 0 Å². The van der Waals surface area contributed by atoms with E-state index in [1.54, 1.807) is 6.20 Å². The van der Waals surface area contributed by atoms with Gasteiger partial charge in [-0.25, -0.2) is 4.98 Å². The second-order valence-corrected chi connectivity index (χ2v) is 4.71. The Kier molecular flexibility index (Phi) is 4.80. The second-order valence-electron chi connectivity index (χ2n) is 3.48. The molecule has 0 aliphatic carbocycles. The van der Waals surface area contributed by atoms with Gasteiger partial charge in [0, 0.05) is 12.6 Å². The van der Waals surface area contributed by atoms with E-state index in [9.17, 15) is 4.79 Å². The number of thiazole rings is 1. The van der Waals surface area contributed by atoms with Gasteiger partial charge in [-0.2, -0.15) is 0 Å². The van der Waals surface area contributed by atoms with Gasteiger partial charge in [0.15, 0.2) is 5.78 Å². The van der Waals surface area contributed by atoms with E-state index in [0.717, 1.165) is 16.3 Å². The Morgan fingerprint density at radius 2 is 2.21 bits per heavy atom. The van der Waals surface area contributed by atoms with Crippen molar-refractivity contribution in [3.8, 4) is 0 Å². The molecule has 0 atom stereocenters. The number of hydrogen-bond donors (Lipinski definition) is 0. The van der Waals surface area contributed by atoms with Gasteiger partial charge in [0.25, 0.3) is 0 Å². The molecule has 0 amide bonds. The number of aromatic nitrogens is 1. The highest BCUT2D eigenvalue weighted by atomic mass is 32.1. The molecule has 0 aromatic carbocycles. The smallest absolute Gasteiger partial charge is 0.174 e. The highest BCUT2D eigenvalue weighted by Crippen LogP contribution is 2.15. The van der Waals surface area contributed by atoms with E-state index < -0.39 is 0 Å². The van der Waals surface area contributed by atoms with Crippen LogP contribution in [0.4, 0.5) is 0 Å². The van der Waals surface area contributed by atoms with E-state index in [1.807, 2.05) is 6.92 Å². The Balaban J connectivity index is 2.29. The molecule has 78 valence electrons. The van der Waals surface area contributed by atoms with Gasteiger partial charge >= 0.3 is 0 Å². The summed E-state index contributed by atoms with van der Waals surface area (Å²) in [6, 6.07) is 0. The summed E-state index contributed by atoms with van der Waals surface area (Å²) in [4.78, 5) is 16.5. The van der Waals surface area contributed by atoms with E-state index in [2.05, 4.69) is 11.9 Å². The number of unbranched alkanes of at least 4 members (excludes halogenated alkanes) is 3. The van der Waals surface area contributed by atoms with Crippen molar-refractivity contribution >= 4 is 17.1 Å². The number of hydrogen-bond acceptors (Lipinski definition) is 3. The summed E-state index contributed by atoms with van der Waals surface area (Å²) in [6.07, 6.45) is 7.01. The summed E-state index contributed by atoms with van der Waals surface area (Å²) in [7, 11) is 0. The highest BCUT2D eigenvalue weighted by molar-refractivity contribution is 7.13. The van der Waals surface area contributed by atoms with Gasteiger partial charge in [-0.15, -0.1) is 11.3 Å². The number of rotatable bonds is 6. The zero-order valence-electron chi connectivity index (χ0n) is 8.88. The lowest BCUT2D eigenvalue weighted by molar-refractivity contribution is 0.0983. The monoisotopic (exact) mass is 211 g/mol. The van der Waals surface area contributed by atoms with Gasteiger partial charge in [0.05, 0.1) is 9.88 Å². The Bertz CT molecular complexity index is 293. The SMILES string of the molecule is CCCCCCC(=O)c1cnc(C)s1. The third kappa shape index (κ3) is 3.58. The number of aryl methyl sites for hydroxylation is 1. The zero-order valence-corrected chi connectivity index (χ0v) is 9.69. The van der Waals surface area contributed by atoms with Crippen molar-refractivity contribution in [3.05, 3.63) is 16.1 Å². The van der Waals surface area contributed by atoms with Crippen molar-refractivity contribution in [3.63, 3.8) is 0 Å². The molecule has 0 fully saturated rings. The molecule has 0 N–H and O–H groups in total. The highest BCUT2D eigenvalue weighted by Gasteiger charge is 2.07. The van der Waals surface area contributed by atoms with E-state index >= 15 is 0 Å². The fourth-order valence-electron chi connectivity index (χ4n) is 1.33. The minimum Gasteiger partial charge on any atom is -0.293 e. The first-order valence-corrected chi connectivity index (χ1v) is 6.01. The fraction of sp³-hybridized carbons (Fsp3) is 0.636. The van der Waals surface area contributed by atoms with Gasteiger partial charge < -0.3 is 0 Å². The molecule has 0 radical (unpaired) electrons. The average molecular weight is 211 g/mol. The zero-order chi connectivity index (χ0) is 10.4. The van der Waals surface area contributed by atoms with E-state index in [0.29, 0.717) is 6.42 Å². The van der Waals surface area contributed by atoms with Crippen LogP contribution in [0, 0.1) is 6.92 Å². The number of nitrogens with zero attached hydrogens (tertiary/aromatic N) is 1. The van der Waals surface area contributed by atoms with Crippen molar-refractivity contribution in [2.24, 2.45) is 0 Å². The first-order chi connectivity index (χ1) is 6.74. The summed E-state index contributed by atoms with van der Waals surface area (Å²) in [5, 5.41) is 0.974. The molecule has 1 aromatic rings. The summed E-state index contributed by atoms with van der Waals surface area (Å²) in [5.41, 5.74) is 0. The quantitative estimate of drug-likeness (QED) is 0.531. The number of carbonyl (C=O) groups excluding carboxylic acids is 1. The van der Waals surface area contributed by atoms with Gasteiger partial charge in [0.1, 0.15) is 0 Å². The maximum atomic E-state index is 11.6. The van der Waals surface area contributed by atoms with Crippen LogP contribution in [-0.4, -0.2) is 10.8 Å². The van der Waals surface area contributed by atoms with Gasteiger partial charge in [0.2, 0.25) is 0 Å². The summed E-state index contributed by atoms with van der Waals surface area (Å²) >= 11 is 1.50. The molecular formula is C11H17NOS. The topological polar surface area (TPSA) is 30.0 Å². The first-order valence-electron chi connectivity index (χ1n) is 5.19. The maximum absolute atomic E-state index is 11.6. The molecule has 0 aliphatic heterocycles. The fourth-order valence-corrected chi connectivity index (χ4v) is 2.07. The molecule has 0 unspecified atom stereocenters. The molecule has 1 heterocycles. The predicted octanol–water partition coefficient (Wildman–Crippen LogP) is 3.60. The number of Topliss-reactive ketones (excluding diaryl/α,β-unsaturated/α-hetero) is 1. The van der Waals surface area contributed by atoms with Crippen LogP contribution in [0.1, 0.15) is 53.7 Å². The average Bonchev–Trinajstić information content (AvgIpc) is 2.59. The van der Waals surface area contributed by atoms with Crippen molar-refractivity contribution in [1.82, 2.24) is 4.98 Å². The van der Waals surface area contributed by atoms with Crippen LogP contribution in [0.2, 0.25) is 0 Å². The Hall–Kier alpha value is -0.700. The molecule has 1 aromatic heterocycles. The molecule has 0 aliphatic rings. The normalized spacial score (nSPS) is 10.4. The Morgan fingerprint density at radius 1 is 1.43 bits per heavy atom. The van der Waals surface area contributed by atoms with Gasteiger partial charge in [-0.3, -0.25) is 4.79 Å². The van der Waals surface area contributed by atoms with Crippen molar-refractivity contribution in [2.45, 2.75) is 46.0 Å². The van der Waals surface area contributed by atoms with Crippen molar-refractivity contribution < 1.29 is 4.79 Å². The Morgan fingerprint density at radius 3 is 2.79 bits per heavy atom. The van der Waals surface area contributed by atoms with Crippen molar-refractivity contribution in [1.29, 1.82) is 0 Å². The van der Waals surface area contributed by atoms with Crippen LogP contribution in [0.3, 0.4) is 0 Å². The second kappa shape index (κ2) is 5.91. The largest absolute Gasteiger partial charge is 0.293 e. The number of carbonyl (C=O) groups is 1. The molecule has 3 heteroatoms. The third-order valence-electron chi connectivity index (χ3n) is 2.15. The molecule has 0 spiro atoms. The van der Waals surface area contributed by atoms with Crippen LogP contribution < -0.4 is 0 Å². The van der Waals surface area contributed by atoms with Crippen LogP contribution in [-0.2, 0) is 0 Å². The lowest BCUT2D eigenvalue weighted by Gasteiger charge is -1.96. The van der Waals surface area contributed by atoms with Crippen LogP contribution in [0.15, 0.2) is 6.20 Å². The van der Waals surface area contributed by atoms with Crippen molar-refractivity contribution in [2.75, 3.05) is 0 Å². The molecular weight excluding hydrogens is 194 g/mol. The molecule has 0 saturated carbocycles. The molecule has 0 bridgehead atoms. The van der Waals surface area contributed by atoms with Crippen LogP contribution in [0.5, 0.6) is 0 Å². The third-order valence-corrected chi connectivity index (χ3v) is 3.11. The van der Waals surface area contributed by atoms with Crippen LogP contribution >= 0.6 is 11.3 Å².